The number of β-lactam (4-membered cyclic amide) rings is 1. The monoisotopic (exact) mass is 265 g/mol. The van der Waals surface area contributed by atoms with Crippen LogP contribution in [-0.4, -0.2) is 17.4 Å². The summed E-state index contributed by atoms with van der Waals surface area (Å²) >= 11 is 0. The normalized spacial score (nSPS) is 21.6. The number of carbonyl (C=O) groups is 1. The molecule has 102 valence electrons. The number of likely N-dealkylation sites (tertiary alicyclic amines) is 1. The lowest BCUT2D eigenvalue weighted by Gasteiger charge is -2.48. The maximum absolute atomic E-state index is 12.5. The molecule has 2 heteroatoms. The molecule has 0 N–H and O–H groups in total. The van der Waals surface area contributed by atoms with Crippen molar-refractivity contribution < 1.29 is 4.79 Å². The molecule has 1 saturated heterocycles. The summed E-state index contributed by atoms with van der Waals surface area (Å²) in [5.74, 6) is 0.233. The highest BCUT2D eigenvalue weighted by Crippen LogP contribution is 2.46. The Morgan fingerprint density at radius 3 is 2.00 bits per heavy atom. The number of benzene rings is 2. The van der Waals surface area contributed by atoms with Crippen LogP contribution in [0.2, 0.25) is 0 Å². The Hall–Kier alpha value is -2.09. The number of carbonyl (C=O) groups excluding carboxylic acids is 1. The predicted molar refractivity (Wildman–Crippen MR) is 80.4 cm³/mol. The van der Waals surface area contributed by atoms with E-state index in [1.165, 1.54) is 5.56 Å². The van der Waals surface area contributed by atoms with Gasteiger partial charge in [0, 0.05) is 6.54 Å². The van der Waals surface area contributed by atoms with Gasteiger partial charge in [-0.2, -0.15) is 0 Å². The maximum Gasteiger partial charge on any atom is 0.233 e. The van der Waals surface area contributed by atoms with Crippen LogP contribution in [0.1, 0.15) is 36.4 Å². The third-order valence-electron chi connectivity index (χ3n) is 3.96. The van der Waals surface area contributed by atoms with Crippen molar-refractivity contribution >= 4 is 5.91 Å². The summed E-state index contributed by atoms with van der Waals surface area (Å²) in [7, 11) is 0. The first-order chi connectivity index (χ1) is 9.83. The average Bonchev–Trinajstić information content (AvgIpc) is 2.51. The second kappa shape index (κ2) is 5.49. The number of hydrogen-bond acceptors (Lipinski definition) is 1. The number of rotatable bonds is 4. The first-order valence-corrected chi connectivity index (χ1v) is 7.23. The van der Waals surface area contributed by atoms with Crippen molar-refractivity contribution in [1.29, 1.82) is 0 Å². The molecule has 0 unspecified atom stereocenters. The molecule has 2 atom stereocenters. The van der Waals surface area contributed by atoms with Crippen molar-refractivity contribution in [1.82, 2.24) is 4.90 Å². The Labute approximate surface area is 120 Å². The third kappa shape index (κ3) is 2.11. The van der Waals surface area contributed by atoms with Crippen molar-refractivity contribution in [3.63, 3.8) is 0 Å². The van der Waals surface area contributed by atoms with E-state index in [1.54, 1.807) is 0 Å². The van der Waals surface area contributed by atoms with Gasteiger partial charge in [0.1, 0.15) is 0 Å². The minimum Gasteiger partial charge on any atom is -0.334 e. The Kier molecular flexibility index (Phi) is 3.55. The van der Waals surface area contributed by atoms with Gasteiger partial charge in [-0.05, 0) is 17.5 Å². The highest BCUT2D eigenvalue weighted by molar-refractivity contribution is 5.91. The summed E-state index contributed by atoms with van der Waals surface area (Å²) in [5.41, 5.74) is 2.35. The van der Waals surface area contributed by atoms with E-state index in [4.69, 9.17) is 0 Å². The zero-order valence-electron chi connectivity index (χ0n) is 11.7. The highest BCUT2D eigenvalue weighted by atomic mass is 16.2. The molecule has 0 spiro atoms. The van der Waals surface area contributed by atoms with Gasteiger partial charge < -0.3 is 4.90 Å². The molecule has 1 heterocycles. The molecule has 20 heavy (non-hydrogen) atoms. The van der Waals surface area contributed by atoms with Gasteiger partial charge in [-0.15, -0.1) is 0 Å². The summed E-state index contributed by atoms with van der Waals surface area (Å²) in [6, 6.07) is 20.7. The van der Waals surface area contributed by atoms with E-state index in [0.29, 0.717) is 0 Å². The first kappa shape index (κ1) is 12.9. The number of hydrogen-bond donors (Lipinski definition) is 0. The van der Waals surface area contributed by atoms with Crippen LogP contribution >= 0.6 is 0 Å². The van der Waals surface area contributed by atoms with E-state index >= 15 is 0 Å². The van der Waals surface area contributed by atoms with Gasteiger partial charge in [0.25, 0.3) is 0 Å². The predicted octanol–water partition coefficient (Wildman–Crippen LogP) is 3.76. The van der Waals surface area contributed by atoms with Gasteiger partial charge in [0.2, 0.25) is 5.91 Å². The van der Waals surface area contributed by atoms with Crippen molar-refractivity contribution in [2.45, 2.75) is 25.3 Å². The Morgan fingerprint density at radius 1 is 0.900 bits per heavy atom. The molecule has 0 saturated carbocycles. The molecule has 0 aliphatic carbocycles. The van der Waals surface area contributed by atoms with E-state index in [9.17, 15) is 4.79 Å². The summed E-state index contributed by atoms with van der Waals surface area (Å²) < 4.78 is 0. The van der Waals surface area contributed by atoms with Crippen LogP contribution in [-0.2, 0) is 4.79 Å². The van der Waals surface area contributed by atoms with Crippen LogP contribution in [0.4, 0.5) is 0 Å². The van der Waals surface area contributed by atoms with E-state index in [1.807, 2.05) is 41.3 Å². The summed E-state index contributed by atoms with van der Waals surface area (Å²) in [6.45, 7) is 2.95. The van der Waals surface area contributed by atoms with Gasteiger partial charge in [0.15, 0.2) is 0 Å². The van der Waals surface area contributed by atoms with E-state index < -0.39 is 0 Å². The van der Waals surface area contributed by atoms with Crippen molar-refractivity contribution in [2.75, 3.05) is 6.54 Å². The standard InChI is InChI=1S/C18H19NO/c1-2-13-19-17(15-11-7-4-8-12-15)16(18(19)20)14-9-5-3-6-10-14/h3-12,16-17H,2,13H2,1H3/t16-,17+/m1/s1. The minimum absolute atomic E-state index is 0.0230. The van der Waals surface area contributed by atoms with E-state index in [-0.39, 0.29) is 17.9 Å². The van der Waals surface area contributed by atoms with E-state index in [0.717, 1.165) is 18.5 Å². The molecule has 0 bridgehead atoms. The van der Waals surface area contributed by atoms with Crippen LogP contribution in [0.3, 0.4) is 0 Å². The lowest BCUT2D eigenvalue weighted by molar-refractivity contribution is -0.150. The molecule has 2 aromatic rings. The zero-order valence-corrected chi connectivity index (χ0v) is 11.7. The van der Waals surface area contributed by atoms with Gasteiger partial charge >= 0.3 is 0 Å². The molecular formula is C18H19NO. The Bertz CT molecular complexity index is 579. The lowest BCUT2D eigenvalue weighted by Crippen LogP contribution is -2.53. The van der Waals surface area contributed by atoms with Crippen LogP contribution in [0.5, 0.6) is 0 Å². The van der Waals surface area contributed by atoms with Crippen LogP contribution < -0.4 is 0 Å². The molecular weight excluding hydrogens is 246 g/mol. The largest absolute Gasteiger partial charge is 0.334 e. The second-order valence-electron chi connectivity index (χ2n) is 5.28. The second-order valence-corrected chi connectivity index (χ2v) is 5.28. The Balaban J connectivity index is 1.95. The molecule has 0 aromatic heterocycles. The van der Waals surface area contributed by atoms with Gasteiger partial charge in [-0.3, -0.25) is 4.79 Å². The molecule has 2 nitrogen and oxygen atoms in total. The molecule has 0 radical (unpaired) electrons. The molecule has 3 rings (SSSR count). The first-order valence-electron chi connectivity index (χ1n) is 7.23. The van der Waals surface area contributed by atoms with Crippen LogP contribution in [0, 0.1) is 0 Å². The topological polar surface area (TPSA) is 20.3 Å². The molecule has 1 aliphatic heterocycles. The molecule has 1 fully saturated rings. The fourth-order valence-corrected chi connectivity index (χ4v) is 3.05. The SMILES string of the molecule is CCCN1C(=O)[C@H](c2ccccc2)[C@@H]1c1ccccc1. The van der Waals surface area contributed by atoms with Crippen molar-refractivity contribution in [3.05, 3.63) is 71.8 Å². The quantitative estimate of drug-likeness (QED) is 0.771. The van der Waals surface area contributed by atoms with Gasteiger partial charge in [0.05, 0.1) is 12.0 Å². The molecule has 1 aliphatic rings. The maximum atomic E-state index is 12.5. The minimum atomic E-state index is -0.0230. The molecule has 1 amide bonds. The molecule has 2 aromatic carbocycles. The lowest BCUT2D eigenvalue weighted by atomic mass is 9.78. The fourth-order valence-electron chi connectivity index (χ4n) is 3.05. The van der Waals surface area contributed by atoms with Crippen LogP contribution in [0.25, 0.3) is 0 Å². The third-order valence-corrected chi connectivity index (χ3v) is 3.96. The zero-order chi connectivity index (χ0) is 13.9. The number of amides is 1. The summed E-state index contributed by atoms with van der Waals surface area (Å²) in [6.07, 6.45) is 0.997. The van der Waals surface area contributed by atoms with Gasteiger partial charge in [-0.1, -0.05) is 67.6 Å². The summed E-state index contributed by atoms with van der Waals surface area (Å²) in [4.78, 5) is 14.5. The highest BCUT2D eigenvalue weighted by Gasteiger charge is 2.47. The van der Waals surface area contributed by atoms with Crippen LogP contribution in [0.15, 0.2) is 60.7 Å². The smallest absolute Gasteiger partial charge is 0.233 e. The Morgan fingerprint density at radius 2 is 1.45 bits per heavy atom. The fraction of sp³-hybridized carbons (Fsp3) is 0.278. The average molecular weight is 265 g/mol. The number of nitrogens with zero attached hydrogens (tertiary/aromatic N) is 1. The van der Waals surface area contributed by atoms with E-state index in [2.05, 4.69) is 31.2 Å². The van der Waals surface area contributed by atoms with Gasteiger partial charge in [-0.25, -0.2) is 0 Å². The van der Waals surface area contributed by atoms with Crippen molar-refractivity contribution in [3.8, 4) is 0 Å². The summed E-state index contributed by atoms with van der Waals surface area (Å²) in [5, 5.41) is 0. The van der Waals surface area contributed by atoms with Crippen molar-refractivity contribution in [2.24, 2.45) is 0 Å².